The van der Waals surface area contributed by atoms with Gasteiger partial charge in [0.15, 0.2) is 5.96 Å². The van der Waals surface area contributed by atoms with E-state index in [2.05, 4.69) is 71.3 Å². The lowest BCUT2D eigenvalue weighted by atomic mass is 10.0. The van der Waals surface area contributed by atoms with E-state index in [1.54, 1.807) is 0 Å². The maximum Gasteiger partial charge on any atom is 0.197 e. The van der Waals surface area contributed by atoms with Gasteiger partial charge >= 0.3 is 0 Å². The second-order valence-corrected chi connectivity index (χ2v) is 7.84. The van der Waals surface area contributed by atoms with Gasteiger partial charge in [-0.25, -0.2) is 0 Å². The van der Waals surface area contributed by atoms with Gasteiger partial charge < -0.3 is 10.6 Å². The largest absolute Gasteiger partial charge is 0.326 e. The second kappa shape index (κ2) is 6.89. The van der Waals surface area contributed by atoms with Gasteiger partial charge in [-0.15, -0.1) is 17.0 Å². The fourth-order valence-electron chi connectivity index (χ4n) is 5.06. The average Bonchev–Trinajstić information content (AvgIpc) is 3.34. The fraction of sp³-hybridized carbons (Fsp3) is 0.160. The van der Waals surface area contributed by atoms with Crippen LogP contribution >= 0.6 is 17.0 Å². The molecule has 6 rings (SSSR count). The number of guanidine groups is 1. The monoisotopic (exact) mass is 443 g/mol. The first-order valence-electron chi connectivity index (χ1n) is 9.97. The third kappa shape index (κ3) is 2.82. The van der Waals surface area contributed by atoms with Crippen molar-refractivity contribution in [2.45, 2.75) is 25.7 Å². The minimum Gasteiger partial charge on any atom is -0.326 e. The fourth-order valence-corrected chi connectivity index (χ4v) is 5.06. The Kier molecular flexibility index (Phi) is 4.32. The summed E-state index contributed by atoms with van der Waals surface area (Å²) in [5.41, 5.74) is 7.62. The van der Waals surface area contributed by atoms with Gasteiger partial charge in [0.2, 0.25) is 0 Å². The standard InChI is InChI=1S/C25H21N3.BrH/c26-25(27-21-13-9-17-5-1-3-15-7-11-19(21)23(15)17)28-22-14-10-18-6-2-4-16-8-12-20(22)24(16)18;/h1-6,9-10,13-14H,7-8,11-12H2,(H3,26,27,28);1H. The molecule has 0 aliphatic heterocycles. The van der Waals surface area contributed by atoms with Crippen LogP contribution in [0.15, 0.2) is 60.7 Å². The summed E-state index contributed by atoms with van der Waals surface area (Å²) in [6.45, 7) is 0. The lowest BCUT2D eigenvalue weighted by Crippen LogP contribution is -2.21. The van der Waals surface area contributed by atoms with Crippen LogP contribution in [0.3, 0.4) is 0 Å². The third-order valence-corrected chi connectivity index (χ3v) is 6.29. The van der Waals surface area contributed by atoms with Gasteiger partial charge in [-0.2, -0.15) is 0 Å². The summed E-state index contributed by atoms with van der Waals surface area (Å²) in [6, 6.07) is 21.6. The maximum absolute atomic E-state index is 8.54. The van der Waals surface area contributed by atoms with Crippen LogP contribution in [0.5, 0.6) is 0 Å². The molecule has 0 amide bonds. The summed E-state index contributed by atoms with van der Waals surface area (Å²) in [7, 11) is 0. The molecule has 0 radical (unpaired) electrons. The van der Waals surface area contributed by atoms with Crippen LogP contribution in [0.1, 0.15) is 22.3 Å². The lowest BCUT2D eigenvalue weighted by molar-refractivity contribution is 1.02. The molecule has 0 saturated carbocycles. The number of rotatable bonds is 2. The van der Waals surface area contributed by atoms with E-state index >= 15 is 0 Å². The Morgan fingerprint density at radius 2 is 1.10 bits per heavy atom. The highest BCUT2D eigenvalue weighted by Crippen LogP contribution is 2.37. The molecule has 0 aromatic heterocycles. The number of hydrogen-bond donors (Lipinski definition) is 3. The zero-order chi connectivity index (χ0) is 18.7. The van der Waals surface area contributed by atoms with Crippen LogP contribution in [0, 0.1) is 5.41 Å². The molecule has 0 atom stereocenters. The quantitative estimate of drug-likeness (QED) is 0.254. The van der Waals surface area contributed by atoms with Crippen molar-refractivity contribution in [2.24, 2.45) is 0 Å². The maximum atomic E-state index is 8.54. The van der Waals surface area contributed by atoms with E-state index in [0.717, 1.165) is 37.1 Å². The van der Waals surface area contributed by atoms with Crippen molar-refractivity contribution < 1.29 is 0 Å². The zero-order valence-electron chi connectivity index (χ0n) is 16.0. The highest BCUT2D eigenvalue weighted by Gasteiger charge is 2.20. The molecular weight excluding hydrogens is 422 g/mol. The van der Waals surface area contributed by atoms with Gasteiger partial charge in [0.05, 0.1) is 0 Å². The molecule has 4 aromatic carbocycles. The second-order valence-electron chi connectivity index (χ2n) is 7.84. The minimum atomic E-state index is 0. The van der Waals surface area contributed by atoms with Crippen molar-refractivity contribution >= 4 is 55.9 Å². The Morgan fingerprint density at radius 1 is 0.621 bits per heavy atom. The molecule has 0 bridgehead atoms. The summed E-state index contributed by atoms with van der Waals surface area (Å²) in [5, 5.41) is 20.5. The molecule has 144 valence electrons. The highest BCUT2D eigenvalue weighted by atomic mass is 79.9. The van der Waals surface area contributed by atoms with Gasteiger partial charge in [-0.05, 0) is 81.6 Å². The van der Waals surface area contributed by atoms with Crippen molar-refractivity contribution in [3.63, 3.8) is 0 Å². The molecule has 4 heteroatoms. The van der Waals surface area contributed by atoms with Crippen LogP contribution in [0.4, 0.5) is 11.4 Å². The summed E-state index contributed by atoms with van der Waals surface area (Å²) in [5.74, 6) is 0.333. The molecule has 3 nitrogen and oxygen atoms in total. The topological polar surface area (TPSA) is 47.9 Å². The number of benzene rings is 4. The first-order chi connectivity index (χ1) is 13.8. The summed E-state index contributed by atoms with van der Waals surface area (Å²) in [4.78, 5) is 0. The van der Waals surface area contributed by atoms with Crippen LogP contribution in [0.2, 0.25) is 0 Å². The van der Waals surface area contributed by atoms with E-state index in [1.165, 1.54) is 43.8 Å². The molecule has 0 heterocycles. The Balaban J connectivity index is 0.00000181. The normalized spacial score (nSPS) is 13.5. The molecule has 0 spiro atoms. The number of halogens is 1. The van der Waals surface area contributed by atoms with Gasteiger partial charge in [-0.3, -0.25) is 5.41 Å². The first kappa shape index (κ1) is 18.2. The summed E-state index contributed by atoms with van der Waals surface area (Å²) < 4.78 is 0. The van der Waals surface area contributed by atoms with Gasteiger partial charge in [-0.1, -0.05) is 48.5 Å². The zero-order valence-corrected chi connectivity index (χ0v) is 17.7. The van der Waals surface area contributed by atoms with Crippen molar-refractivity contribution in [1.82, 2.24) is 0 Å². The summed E-state index contributed by atoms with van der Waals surface area (Å²) in [6.07, 6.45) is 4.25. The smallest absolute Gasteiger partial charge is 0.197 e. The SMILES string of the molecule is Br.N=C(Nc1ccc2cccc3c2c1CC3)Nc1ccc2cccc3c2c1CC3. The number of hydrogen-bond acceptors (Lipinski definition) is 1. The third-order valence-electron chi connectivity index (χ3n) is 6.29. The van der Waals surface area contributed by atoms with E-state index in [0.29, 0.717) is 5.96 Å². The van der Waals surface area contributed by atoms with Crippen LogP contribution in [-0.2, 0) is 25.7 Å². The lowest BCUT2D eigenvalue weighted by Gasteiger charge is -2.16. The molecule has 2 aliphatic rings. The van der Waals surface area contributed by atoms with Crippen LogP contribution < -0.4 is 10.6 Å². The molecule has 0 saturated heterocycles. The first-order valence-corrected chi connectivity index (χ1v) is 9.97. The molecule has 4 aromatic rings. The highest BCUT2D eigenvalue weighted by molar-refractivity contribution is 8.93. The molecule has 29 heavy (non-hydrogen) atoms. The number of aryl methyl sites for hydroxylation is 4. The Morgan fingerprint density at radius 3 is 1.59 bits per heavy atom. The molecule has 3 N–H and O–H groups in total. The van der Waals surface area contributed by atoms with E-state index in [-0.39, 0.29) is 17.0 Å². The minimum absolute atomic E-state index is 0. The Labute approximate surface area is 180 Å². The van der Waals surface area contributed by atoms with Crippen LogP contribution in [0.25, 0.3) is 21.5 Å². The average molecular weight is 444 g/mol. The summed E-state index contributed by atoms with van der Waals surface area (Å²) >= 11 is 0. The van der Waals surface area contributed by atoms with Gasteiger partial charge in [0.1, 0.15) is 0 Å². The van der Waals surface area contributed by atoms with E-state index in [9.17, 15) is 0 Å². The molecule has 0 fully saturated rings. The number of anilines is 2. The number of nitrogens with one attached hydrogen (secondary N) is 3. The predicted molar refractivity (Wildman–Crippen MR) is 128 cm³/mol. The van der Waals surface area contributed by atoms with Crippen molar-refractivity contribution in [1.29, 1.82) is 5.41 Å². The Bertz CT molecular complexity index is 1190. The van der Waals surface area contributed by atoms with E-state index in [1.807, 2.05) is 0 Å². The van der Waals surface area contributed by atoms with Crippen molar-refractivity contribution in [3.8, 4) is 0 Å². The van der Waals surface area contributed by atoms with Crippen molar-refractivity contribution in [2.75, 3.05) is 10.6 Å². The van der Waals surface area contributed by atoms with Gasteiger partial charge in [0.25, 0.3) is 0 Å². The van der Waals surface area contributed by atoms with Crippen LogP contribution in [-0.4, -0.2) is 5.96 Å². The predicted octanol–water partition coefficient (Wildman–Crippen LogP) is 6.23. The Hall–Kier alpha value is -2.85. The van der Waals surface area contributed by atoms with Crippen molar-refractivity contribution in [3.05, 3.63) is 82.9 Å². The molecule has 0 unspecified atom stereocenters. The van der Waals surface area contributed by atoms with Gasteiger partial charge in [0, 0.05) is 11.4 Å². The molecular formula is C25H22BrN3. The van der Waals surface area contributed by atoms with E-state index in [4.69, 9.17) is 5.41 Å². The molecule has 2 aliphatic carbocycles. The van der Waals surface area contributed by atoms with E-state index < -0.39 is 0 Å².